The van der Waals surface area contributed by atoms with Crippen LogP contribution in [-0.4, -0.2) is 18.6 Å². The van der Waals surface area contributed by atoms with E-state index in [-0.39, 0.29) is 0 Å². The van der Waals surface area contributed by atoms with Gasteiger partial charge in [-0.2, -0.15) is 0 Å². The van der Waals surface area contributed by atoms with Crippen LogP contribution in [0.5, 0.6) is 5.75 Å². The molecule has 0 saturated heterocycles. The van der Waals surface area contributed by atoms with Crippen LogP contribution in [0, 0.1) is 0 Å². The highest BCUT2D eigenvalue weighted by molar-refractivity contribution is 5.47. The van der Waals surface area contributed by atoms with Gasteiger partial charge in [-0.1, -0.05) is 37.3 Å². The third kappa shape index (κ3) is 3.75. The number of hydrogen-bond donors (Lipinski definition) is 1. The fraction of sp³-hybridized carbons (Fsp3) is 0.294. The van der Waals surface area contributed by atoms with Gasteiger partial charge >= 0.3 is 0 Å². The smallest absolute Gasteiger partial charge is 0.123 e. The summed E-state index contributed by atoms with van der Waals surface area (Å²) < 4.78 is 5.41. The lowest BCUT2D eigenvalue weighted by Crippen LogP contribution is -2.22. The van der Waals surface area contributed by atoms with Crippen molar-refractivity contribution in [1.29, 1.82) is 0 Å². The van der Waals surface area contributed by atoms with Gasteiger partial charge in [-0.15, -0.1) is 0 Å². The monoisotopic (exact) mass is 270 g/mol. The number of hydrogen-bond acceptors (Lipinski definition) is 3. The molecule has 2 aromatic carbocycles. The third-order valence-electron chi connectivity index (χ3n) is 3.39. The standard InChI is InChI=1S/C17H22N2O/c1-3-19(12-14-7-5-4-6-8-14)13-15-11-16(18)9-10-17(15)20-2/h4-11H,3,12-13,18H2,1-2H3. The van der Waals surface area contributed by atoms with Gasteiger partial charge in [-0.05, 0) is 30.3 Å². The molecule has 0 aliphatic carbocycles. The van der Waals surface area contributed by atoms with Crippen LogP contribution in [0.4, 0.5) is 5.69 Å². The van der Waals surface area contributed by atoms with Gasteiger partial charge in [-0.25, -0.2) is 0 Å². The topological polar surface area (TPSA) is 38.5 Å². The van der Waals surface area contributed by atoms with Crippen molar-refractivity contribution in [3.8, 4) is 5.75 Å². The van der Waals surface area contributed by atoms with Crippen LogP contribution >= 0.6 is 0 Å². The summed E-state index contributed by atoms with van der Waals surface area (Å²) in [4.78, 5) is 2.37. The Hall–Kier alpha value is -2.00. The molecule has 2 N–H and O–H groups in total. The van der Waals surface area contributed by atoms with Crippen LogP contribution in [-0.2, 0) is 13.1 Å². The Labute approximate surface area is 121 Å². The van der Waals surface area contributed by atoms with E-state index in [4.69, 9.17) is 10.5 Å². The van der Waals surface area contributed by atoms with E-state index in [1.165, 1.54) is 5.56 Å². The molecule has 106 valence electrons. The Morgan fingerprint density at radius 2 is 1.80 bits per heavy atom. The number of methoxy groups -OCH3 is 1. The number of anilines is 1. The number of rotatable bonds is 6. The normalized spacial score (nSPS) is 10.8. The van der Waals surface area contributed by atoms with E-state index in [0.717, 1.165) is 36.6 Å². The summed E-state index contributed by atoms with van der Waals surface area (Å²) in [6.07, 6.45) is 0. The van der Waals surface area contributed by atoms with Gasteiger partial charge in [0.15, 0.2) is 0 Å². The summed E-state index contributed by atoms with van der Waals surface area (Å²) >= 11 is 0. The Bertz CT molecular complexity index is 540. The summed E-state index contributed by atoms with van der Waals surface area (Å²) in [5.74, 6) is 0.894. The number of nitrogens with zero attached hydrogens (tertiary/aromatic N) is 1. The lowest BCUT2D eigenvalue weighted by Gasteiger charge is -2.22. The number of ether oxygens (including phenoxy) is 1. The summed E-state index contributed by atoms with van der Waals surface area (Å²) in [5.41, 5.74) is 9.10. The van der Waals surface area contributed by atoms with Crippen LogP contribution in [0.3, 0.4) is 0 Å². The maximum atomic E-state index is 5.88. The average Bonchev–Trinajstić information content (AvgIpc) is 2.48. The maximum absolute atomic E-state index is 5.88. The van der Waals surface area contributed by atoms with Gasteiger partial charge in [0.25, 0.3) is 0 Å². The first kappa shape index (κ1) is 14.4. The number of nitrogens with two attached hydrogens (primary N) is 1. The summed E-state index contributed by atoms with van der Waals surface area (Å²) in [6, 6.07) is 16.3. The Morgan fingerprint density at radius 1 is 1.05 bits per heavy atom. The van der Waals surface area contributed by atoms with Crippen molar-refractivity contribution in [1.82, 2.24) is 4.90 Å². The zero-order valence-electron chi connectivity index (χ0n) is 12.2. The zero-order valence-corrected chi connectivity index (χ0v) is 12.2. The quantitative estimate of drug-likeness (QED) is 0.819. The van der Waals surface area contributed by atoms with E-state index in [1.807, 2.05) is 24.3 Å². The number of benzene rings is 2. The van der Waals surface area contributed by atoms with Crippen LogP contribution in [0.2, 0.25) is 0 Å². The van der Waals surface area contributed by atoms with Gasteiger partial charge in [0.1, 0.15) is 5.75 Å². The molecule has 0 aliphatic rings. The fourth-order valence-corrected chi connectivity index (χ4v) is 2.28. The molecule has 0 heterocycles. The molecule has 0 spiro atoms. The lowest BCUT2D eigenvalue weighted by atomic mass is 10.1. The summed E-state index contributed by atoms with van der Waals surface area (Å²) in [6.45, 7) is 4.91. The van der Waals surface area contributed by atoms with E-state index < -0.39 is 0 Å². The number of nitrogen functional groups attached to an aromatic ring is 1. The molecule has 3 heteroatoms. The minimum Gasteiger partial charge on any atom is -0.496 e. The highest BCUT2D eigenvalue weighted by Crippen LogP contribution is 2.23. The van der Waals surface area contributed by atoms with Gasteiger partial charge < -0.3 is 10.5 Å². The summed E-state index contributed by atoms with van der Waals surface area (Å²) in [7, 11) is 1.70. The highest BCUT2D eigenvalue weighted by atomic mass is 16.5. The van der Waals surface area contributed by atoms with E-state index in [9.17, 15) is 0 Å². The minimum absolute atomic E-state index is 0.775. The van der Waals surface area contributed by atoms with Crippen molar-refractivity contribution in [3.05, 3.63) is 59.7 Å². The maximum Gasteiger partial charge on any atom is 0.123 e. The second-order valence-corrected chi connectivity index (χ2v) is 4.86. The Kier molecular flexibility index (Phi) is 5.02. The molecular weight excluding hydrogens is 248 g/mol. The van der Waals surface area contributed by atoms with Crippen LogP contribution in [0.25, 0.3) is 0 Å². The van der Waals surface area contributed by atoms with E-state index in [0.29, 0.717) is 0 Å². The SMILES string of the molecule is CCN(Cc1ccccc1)Cc1cc(N)ccc1OC. The first-order valence-electron chi connectivity index (χ1n) is 6.91. The van der Waals surface area contributed by atoms with Crippen molar-refractivity contribution in [2.45, 2.75) is 20.0 Å². The van der Waals surface area contributed by atoms with Crippen molar-refractivity contribution in [3.63, 3.8) is 0 Å². The summed E-state index contributed by atoms with van der Waals surface area (Å²) in [5, 5.41) is 0. The second-order valence-electron chi connectivity index (χ2n) is 4.86. The lowest BCUT2D eigenvalue weighted by molar-refractivity contribution is 0.266. The molecule has 0 amide bonds. The van der Waals surface area contributed by atoms with Crippen molar-refractivity contribution < 1.29 is 4.74 Å². The third-order valence-corrected chi connectivity index (χ3v) is 3.39. The predicted molar refractivity (Wildman–Crippen MR) is 83.6 cm³/mol. The second kappa shape index (κ2) is 6.96. The first-order chi connectivity index (χ1) is 9.72. The first-order valence-corrected chi connectivity index (χ1v) is 6.91. The van der Waals surface area contributed by atoms with Gasteiger partial charge in [-0.3, -0.25) is 4.90 Å². The van der Waals surface area contributed by atoms with E-state index in [2.05, 4.69) is 36.1 Å². The molecule has 0 atom stereocenters. The Balaban J connectivity index is 2.12. The van der Waals surface area contributed by atoms with Crippen molar-refractivity contribution in [2.24, 2.45) is 0 Å². The molecule has 0 fully saturated rings. The van der Waals surface area contributed by atoms with Crippen LogP contribution in [0.15, 0.2) is 48.5 Å². The van der Waals surface area contributed by atoms with Gasteiger partial charge in [0.05, 0.1) is 7.11 Å². The predicted octanol–water partition coefficient (Wildman–Crippen LogP) is 3.30. The fourth-order valence-electron chi connectivity index (χ4n) is 2.28. The molecular formula is C17H22N2O. The molecule has 0 radical (unpaired) electrons. The largest absolute Gasteiger partial charge is 0.496 e. The zero-order chi connectivity index (χ0) is 14.4. The van der Waals surface area contributed by atoms with E-state index in [1.54, 1.807) is 7.11 Å². The van der Waals surface area contributed by atoms with Crippen molar-refractivity contribution >= 4 is 5.69 Å². The van der Waals surface area contributed by atoms with Crippen LogP contribution < -0.4 is 10.5 Å². The van der Waals surface area contributed by atoms with Gasteiger partial charge in [0.2, 0.25) is 0 Å². The van der Waals surface area contributed by atoms with Crippen molar-refractivity contribution in [2.75, 3.05) is 19.4 Å². The molecule has 0 saturated carbocycles. The van der Waals surface area contributed by atoms with E-state index >= 15 is 0 Å². The molecule has 2 aromatic rings. The molecule has 3 nitrogen and oxygen atoms in total. The highest BCUT2D eigenvalue weighted by Gasteiger charge is 2.09. The molecule has 0 unspecified atom stereocenters. The van der Waals surface area contributed by atoms with Gasteiger partial charge in [0, 0.05) is 24.3 Å². The molecule has 2 rings (SSSR count). The molecule has 0 aliphatic heterocycles. The minimum atomic E-state index is 0.775. The molecule has 20 heavy (non-hydrogen) atoms. The average molecular weight is 270 g/mol. The molecule has 0 aromatic heterocycles. The Morgan fingerprint density at radius 3 is 2.45 bits per heavy atom. The molecule has 0 bridgehead atoms. The van der Waals surface area contributed by atoms with Crippen LogP contribution in [0.1, 0.15) is 18.1 Å².